The molecule has 1 fully saturated rings. The Morgan fingerprint density at radius 3 is 2.22 bits per heavy atom. The molecule has 0 radical (unpaired) electrons. The van der Waals surface area contributed by atoms with Gasteiger partial charge in [0.25, 0.3) is 0 Å². The van der Waals surface area contributed by atoms with Gasteiger partial charge in [0, 0.05) is 50.1 Å². The Morgan fingerprint density at radius 2 is 1.56 bits per heavy atom. The first kappa shape index (κ1) is 25.5. The maximum absolute atomic E-state index is 12.2. The molecule has 0 bridgehead atoms. The average Bonchev–Trinajstić information content (AvgIpc) is 3.05. The van der Waals surface area contributed by atoms with Crippen molar-refractivity contribution < 1.29 is 29.4 Å². The van der Waals surface area contributed by atoms with Crippen molar-refractivity contribution in [1.29, 1.82) is 0 Å². The molecule has 2 rings (SSSR count). The number of hydrogen-bond donors (Lipinski definition) is 4. The molecule has 2 unspecified atom stereocenters. The summed E-state index contributed by atoms with van der Waals surface area (Å²) >= 11 is 0. The summed E-state index contributed by atoms with van der Waals surface area (Å²) in [5.41, 5.74) is 0. The maximum atomic E-state index is 12.2. The highest BCUT2D eigenvalue weighted by Gasteiger charge is 2.26. The van der Waals surface area contributed by atoms with E-state index < -0.39 is 5.97 Å². The fourth-order valence-corrected chi connectivity index (χ4v) is 3.85. The molecule has 1 aromatic heterocycles. The molecule has 1 aromatic rings. The van der Waals surface area contributed by atoms with E-state index in [1.165, 1.54) is 18.6 Å². The second-order valence-electron chi connectivity index (χ2n) is 8.37. The molecule has 2 atom stereocenters. The van der Waals surface area contributed by atoms with E-state index in [-0.39, 0.29) is 36.4 Å². The van der Waals surface area contributed by atoms with Gasteiger partial charge in [-0.05, 0) is 39.5 Å². The van der Waals surface area contributed by atoms with Crippen molar-refractivity contribution in [2.45, 2.75) is 77.3 Å². The Hall–Kier alpha value is -2.75. The number of nitrogens with one attached hydrogen (secondary N) is 2. The van der Waals surface area contributed by atoms with Crippen molar-refractivity contribution in [1.82, 2.24) is 20.3 Å². The highest BCUT2D eigenvalue weighted by Crippen LogP contribution is 2.21. The first-order valence-electron chi connectivity index (χ1n) is 11.4. The van der Waals surface area contributed by atoms with Gasteiger partial charge in [0.05, 0.1) is 6.54 Å². The fraction of sp³-hybridized carbons (Fsp3) is 0.682. The quantitative estimate of drug-likeness (QED) is 0.351. The molecule has 1 aliphatic heterocycles. The Balaban J connectivity index is 1.48. The van der Waals surface area contributed by atoms with Crippen LogP contribution in [0.3, 0.4) is 0 Å². The highest BCUT2D eigenvalue weighted by atomic mass is 16.7. The number of hydrogen-bond acceptors (Lipinski definition) is 7. The molecule has 180 valence electrons. The van der Waals surface area contributed by atoms with Crippen LogP contribution in [0.2, 0.25) is 0 Å². The SMILES string of the molecule is CC1CCCC(C)N1CC(=O)NCCC(=O)NCCCCCC(=O)On1c(O)ccc1O. The van der Waals surface area contributed by atoms with E-state index in [4.69, 9.17) is 4.84 Å². The fourth-order valence-electron chi connectivity index (χ4n) is 3.85. The van der Waals surface area contributed by atoms with Crippen LogP contribution in [0.1, 0.15) is 65.2 Å². The molecule has 0 aromatic carbocycles. The van der Waals surface area contributed by atoms with Gasteiger partial charge in [-0.25, -0.2) is 4.79 Å². The van der Waals surface area contributed by atoms with Crippen LogP contribution in [0, 0.1) is 0 Å². The lowest BCUT2D eigenvalue weighted by Crippen LogP contribution is -2.49. The molecule has 1 aliphatic rings. The van der Waals surface area contributed by atoms with Gasteiger partial charge in [-0.2, -0.15) is 0 Å². The summed E-state index contributed by atoms with van der Waals surface area (Å²) < 4.78 is 0.662. The maximum Gasteiger partial charge on any atom is 0.333 e. The minimum atomic E-state index is -0.570. The third-order valence-electron chi connectivity index (χ3n) is 5.75. The number of aromatic nitrogens is 1. The molecule has 10 nitrogen and oxygen atoms in total. The molecule has 2 amide bonds. The van der Waals surface area contributed by atoms with Gasteiger partial charge >= 0.3 is 5.97 Å². The first-order valence-corrected chi connectivity index (χ1v) is 11.4. The van der Waals surface area contributed by atoms with Crippen LogP contribution >= 0.6 is 0 Å². The molecule has 10 heteroatoms. The number of likely N-dealkylation sites (tertiary alicyclic amines) is 1. The van der Waals surface area contributed by atoms with Gasteiger partial charge < -0.3 is 25.7 Å². The van der Waals surface area contributed by atoms with E-state index in [0.717, 1.165) is 12.8 Å². The van der Waals surface area contributed by atoms with Gasteiger partial charge in [0.1, 0.15) is 0 Å². The largest absolute Gasteiger partial charge is 0.492 e. The minimum Gasteiger partial charge on any atom is -0.492 e. The second-order valence-corrected chi connectivity index (χ2v) is 8.37. The van der Waals surface area contributed by atoms with Gasteiger partial charge in [0.15, 0.2) is 0 Å². The van der Waals surface area contributed by atoms with Crippen LogP contribution in [-0.4, -0.2) is 69.3 Å². The van der Waals surface area contributed by atoms with Crippen molar-refractivity contribution in [3.05, 3.63) is 12.1 Å². The van der Waals surface area contributed by atoms with Crippen LogP contribution < -0.4 is 15.5 Å². The van der Waals surface area contributed by atoms with Gasteiger partial charge in [-0.3, -0.25) is 14.5 Å². The predicted octanol–water partition coefficient (Wildman–Crippen LogP) is 1.30. The van der Waals surface area contributed by atoms with E-state index in [1.54, 1.807) is 0 Å². The topological polar surface area (TPSA) is 133 Å². The molecule has 4 N–H and O–H groups in total. The summed E-state index contributed by atoms with van der Waals surface area (Å²) in [4.78, 5) is 42.9. The standard InChI is InChI=1S/C22H36N4O6/c1-16-7-6-8-17(2)25(16)15-19(28)24-14-12-18(27)23-13-5-3-4-9-22(31)32-26-20(29)10-11-21(26)30/h10-11,16-17,29-30H,3-9,12-15H2,1-2H3,(H,23,27)(H,24,28). The van der Waals surface area contributed by atoms with Crippen molar-refractivity contribution in [3.63, 3.8) is 0 Å². The summed E-state index contributed by atoms with van der Waals surface area (Å²) in [6.07, 6.45) is 5.76. The summed E-state index contributed by atoms with van der Waals surface area (Å²) in [6, 6.07) is 3.24. The van der Waals surface area contributed by atoms with E-state index in [0.29, 0.717) is 55.7 Å². The number of piperidine rings is 1. The van der Waals surface area contributed by atoms with E-state index in [1.807, 2.05) is 0 Å². The van der Waals surface area contributed by atoms with E-state index >= 15 is 0 Å². The molecule has 0 aliphatic carbocycles. The molecular formula is C22H36N4O6. The molecule has 0 saturated carbocycles. The summed E-state index contributed by atoms with van der Waals surface area (Å²) in [5, 5.41) is 24.5. The summed E-state index contributed by atoms with van der Waals surface area (Å²) in [7, 11) is 0. The number of rotatable bonds is 12. The molecular weight excluding hydrogens is 416 g/mol. The van der Waals surface area contributed by atoms with Crippen molar-refractivity contribution in [2.75, 3.05) is 19.6 Å². The lowest BCUT2D eigenvalue weighted by Gasteiger charge is -2.38. The summed E-state index contributed by atoms with van der Waals surface area (Å²) in [6.45, 7) is 5.47. The van der Waals surface area contributed by atoms with Crippen LogP contribution in [0.25, 0.3) is 0 Å². The first-order chi connectivity index (χ1) is 15.3. The molecule has 0 spiro atoms. The number of amides is 2. The van der Waals surface area contributed by atoms with E-state index in [2.05, 4.69) is 29.4 Å². The monoisotopic (exact) mass is 452 g/mol. The van der Waals surface area contributed by atoms with Crippen LogP contribution in [0.15, 0.2) is 12.1 Å². The Kier molecular flexibility index (Phi) is 10.3. The van der Waals surface area contributed by atoms with Crippen molar-refractivity contribution in [2.24, 2.45) is 0 Å². The Labute approximate surface area is 188 Å². The normalized spacial score (nSPS) is 18.8. The van der Waals surface area contributed by atoms with Crippen LogP contribution in [0.4, 0.5) is 0 Å². The predicted molar refractivity (Wildman–Crippen MR) is 118 cm³/mol. The van der Waals surface area contributed by atoms with Crippen molar-refractivity contribution >= 4 is 17.8 Å². The van der Waals surface area contributed by atoms with Crippen molar-refractivity contribution in [3.8, 4) is 11.8 Å². The zero-order valence-electron chi connectivity index (χ0n) is 19.0. The number of carbonyl (C=O) groups is 3. The van der Waals surface area contributed by atoms with Crippen LogP contribution in [-0.2, 0) is 14.4 Å². The molecule has 2 heterocycles. The Morgan fingerprint density at radius 1 is 0.938 bits per heavy atom. The average molecular weight is 453 g/mol. The number of nitrogens with zero attached hydrogens (tertiary/aromatic N) is 2. The third-order valence-corrected chi connectivity index (χ3v) is 5.75. The smallest absolute Gasteiger partial charge is 0.333 e. The van der Waals surface area contributed by atoms with Gasteiger partial charge in [-0.1, -0.05) is 12.8 Å². The lowest BCUT2D eigenvalue weighted by atomic mass is 9.97. The number of unbranched alkanes of at least 4 members (excludes halogenated alkanes) is 2. The molecule has 32 heavy (non-hydrogen) atoms. The molecule has 1 saturated heterocycles. The zero-order chi connectivity index (χ0) is 23.5. The number of carbonyl (C=O) groups excluding carboxylic acids is 3. The highest BCUT2D eigenvalue weighted by molar-refractivity contribution is 5.80. The Bertz CT molecular complexity index is 736. The lowest BCUT2D eigenvalue weighted by molar-refractivity contribution is -0.145. The minimum absolute atomic E-state index is 0.0492. The van der Waals surface area contributed by atoms with Gasteiger partial charge in [0.2, 0.25) is 23.6 Å². The number of aromatic hydroxyl groups is 2. The van der Waals surface area contributed by atoms with Crippen LogP contribution in [0.5, 0.6) is 11.8 Å². The zero-order valence-corrected chi connectivity index (χ0v) is 19.0. The second kappa shape index (κ2) is 12.9. The summed E-state index contributed by atoms with van der Waals surface area (Å²) in [5.74, 6) is -1.45. The third kappa shape index (κ3) is 8.41. The van der Waals surface area contributed by atoms with E-state index in [9.17, 15) is 24.6 Å². The van der Waals surface area contributed by atoms with Gasteiger partial charge in [-0.15, -0.1) is 4.73 Å².